The van der Waals surface area contributed by atoms with Crippen LogP contribution in [0.5, 0.6) is 5.75 Å². The van der Waals surface area contributed by atoms with E-state index in [1.807, 2.05) is 30.3 Å². The Kier molecular flexibility index (Phi) is 3.49. The molecular formula is C18H16N4O2. The highest BCUT2D eigenvalue weighted by Gasteiger charge is 2.22. The van der Waals surface area contributed by atoms with Crippen molar-refractivity contribution >= 4 is 22.9 Å². The second-order valence-electron chi connectivity index (χ2n) is 5.80. The van der Waals surface area contributed by atoms with Crippen LogP contribution in [0.1, 0.15) is 33.7 Å². The van der Waals surface area contributed by atoms with Crippen LogP contribution in [-0.4, -0.2) is 27.4 Å². The molecule has 0 saturated carbocycles. The van der Waals surface area contributed by atoms with Gasteiger partial charge in [0.1, 0.15) is 5.75 Å². The molecule has 120 valence electrons. The zero-order valence-corrected chi connectivity index (χ0v) is 12.9. The second-order valence-corrected chi connectivity index (χ2v) is 5.80. The molecule has 0 spiro atoms. The summed E-state index contributed by atoms with van der Waals surface area (Å²) < 4.78 is 0. The second kappa shape index (κ2) is 5.81. The number of H-pyrrole nitrogens is 1. The number of phenolic OH excluding ortho intramolecular Hbond substituents is 1. The summed E-state index contributed by atoms with van der Waals surface area (Å²) in [6.45, 7) is 0. The molecule has 1 aromatic heterocycles. The van der Waals surface area contributed by atoms with Gasteiger partial charge in [0.05, 0.1) is 6.21 Å². The number of carbonyl (C=O) groups is 1. The number of aromatic nitrogens is 2. The van der Waals surface area contributed by atoms with E-state index in [1.54, 1.807) is 6.07 Å². The number of nitrogens with zero attached hydrogens (tertiary/aromatic N) is 2. The van der Waals surface area contributed by atoms with Crippen LogP contribution in [0.4, 0.5) is 0 Å². The van der Waals surface area contributed by atoms with Gasteiger partial charge in [-0.25, -0.2) is 5.43 Å². The number of rotatable bonds is 3. The number of phenols is 1. The van der Waals surface area contributed by atoms with Gasteiger partial charge in [0.15, 0.2) is 5.69 Å². The molecule has 6 nitrogen and oxygen atoms in total. The highest BCUT2D eigenvalue weighted by molar-refractivity contribution is 6.03. The molecule has 24 heavy (non-hydrogen) atoms. The van der Waals surface area contributed by atoms with Crippen LogP contribution in [-0.2, 0) is 12.8 Å². The van der Waals surface area contributed by atoms with Gasteiger partial charge in [0, 0.05) is 16.8 Å². The summed E-state index contributed by atoms with van der Waals surface area (Å²) in [6, 6.07) is 11.1. The maximum Gasteiger partial charge on any atom is 0.292 e. The molecule has 1 heterocycles. The van der Waals surface area contributed by atoms with E-state index in [-0.39, 0.29) is 11.7 Å². The number of aromatic amines is 1. The van der Waals surface area contributed by atoms with E-state index in [4.69, 9.17) is 0 Å². The molecular weight excluding hydrogens is 304 g/mol. The Morgan fingerprint density at radius 2 is 2.12 bits per heavy atom. The molecule has 1 amide bonds. The summed E-state index contributed by atoms with van der Waals surface area (Å²) in [7, 11) is 0. The summed E-state index contributed by atoms with van der Waals surface area (Å²) >= 11 is 0. The molecule has 0 bridgehead atoms. The predicted molar refractivity (Wildman–Crippen MR) is 91.3 cm³/mol. The Morgan fingerprint density at radius 1 is 1.25 bits per heavy atom. The standard InChI is InChI=1S/C18H16N4O2/c23-16-9-8-11-4-1-2-5-12(11)14(16)10-19-22-18(24)17-13-6-3-7-15(13)20-21-17/h1-2,4-5,8-10,23H,3,6-7H2,(H,20,21)(H,22,24)/b19-10+. The SMILES string of the molecule is O=C(N/N=C/c1c(O)ccc2ccccc12)c1n[nH]c2c1CCC2. The van der Waals surface area contributed by atoms with E-state index in [0.717, 1.165) is 41.3 Å². The van der Waals surface area contributed by atoms with Crippen molar-refractivity contribution in [1.82, 2.24) is 15.6 Å². The highest BCUT2D eigenvalue weighted by Crippen LogP contribution is 2.25. The number of aromatic hydroxyl groups is 1. The van der Waals surface area contributed by atoms with Gasteiger partial charge in [0.2, 0.25) is 0 Å². The minimum Gasteiger partial charge on any atom is -0.507 e. The van der Waals surface area contributed by atoms with Crippen LogP contribution in [0.15, 0.2) is 41.5 Å². The van der Waals surface area contributed by atoms with Gasteiger partial charge in [-0.3, -0.25) is 9.89 Å². The van der Waals surface area contributed by atoms with Gasteiger partial charge in [-0.1, -0.05) is 30.3 Å². The molecule has 0 aliphatic heterocycles. The number of hydrazone groups is 1. The topological polar surface area (TPSA) is 90.4 Å². The van der Waals surface area contributed by atoms with Crippen molar-refractivity contribution in [1.29, 1.82) is 0 Å². The van der Waals surface area contributed by atoms with Gasteiger partial charge in [0.25, 0.3) is 5.91 Å². The van der Waals surface area contributed by atoms with E-state index in [2.05, 4.69) is 20.7 Å². The number of aryl methyl sites for hydroxylation is 1. The lowest BCUT2D eigenvalue weighted by molar-refractivity contribution is 0.0949. The molecule has 3 N–H and O–H groups in total. The third-order valence-electron chi connectivity index (χ3n) is 4.33. The van der Waals surface area contributed by atoms with Crippen LogP contribution in [0.2, 0.25) is 0 Å². The van der Waals surface area contributed by atoms with Crippen molar-refractivity contribution in [2.45, 2.75) is 19.3 Å². The van der Waals surface area contributed by atoms with E-state index in [9.17, 15) is 9.90 Å². The summed E-state index contributed by atoms with van der Waals surface area (Å²) in [5, 5.41) is 22.9. The summed E-state index contributed by atoms with van der Waals surface area (Å²) in [4.78, 5) is 12.2. The van der Waals surface area contributed by atoms with E-state index >= 15 is 0 Å². The Morgan fingerprint density at radius 3 is 3.04 bits per heavy atom. The third kappa shape index (κ3) is 2.42. The zero-order chi connectivity index (χ0) is 16.5. The molecule has 0 unspecified atom stereocenters. The molecule has 6 heteroatoms. The summed E-state index contributed by atoms with van der Waals surface area (Å²) in [6.07, 6.45) is 4.30. The van der Waals surface area contributed by atoms with Gasteiger partial charge < -0.3 is 5.11 Å². The molecule has 3 aromatic rings. The quantitative estimate of drug-likeness (QED) is 0.511. The largest absolute Gasteiger partial charge is 0.507 e. The van der Waals surface area contributed by atoms with Crippen LogP contribution in [0.3, 0.4) is 0 Å². The molecule has 0 fully saturated rings. The van der Waals surface area contributed by atoms with Crippen molar-refractivity contribution in [2.24, 2.45) is 5.10 Å². The summed E-state index contributed by atoms with van der Waals surface area (Å²) in [5.74, 6) is -0.224. The van der Waals surface area contributed by atoms with E-state index in [0.29, 0.717) is 11.3 Å². The number of hydrogen-bond donors (Lipinski definition) is 3. The highest BCUT2D eigenvalue weighted by atomic mass is 16.3. The number of carbonyl (C=O) groups excluding carboxylic acids is 1. The molecule has 0 radical (unpaired) electrons. The third-order valence-corrected chi connectivity index (χ3v) is 4.33. The number of nitrogens with one attached hydrogen (secondary N) is 2. The van der Waals surface area contributed by atoms with Gasteiger partial charge in [-0.15, -0.1) is 0 Å². The molecule has 1 aliphatic rings. The van der Waals surface area contributed by atoms with Crippen LogP contribution in [0.25, 0.3) is 10.8 Å². The Labute approximate surface area is 138 Å². The fraction of sp³-hybridized carbons (Fsp3) is 0.167. The van der Waals surface area contributed by atoms with E-state index < -0.39 is 0 Å². The van der Waals surface area contributed by atoms with Gasteiger partial charge >= 0.3 is 0 Å². The smallest absolute Gasteiger partial charge is 0.292 e. The summed E-state index contributed by atoms with van der Waals surface area (Å²) in [5.41, 5.74) is 5.49. The van der Waals surface area contributed by atoms with Crippen molar-refractivity contribution in [2.75, 3.05) is 0 Å². The minimum atomic E-state index is -0.342. The molecule has 0 saturated heterocycles. The van der Waals surface area contributed by atoms with E-state index in [1.165, 1.54) is 6.21 Å². The Balaban J connectivity index is 1.58. The van der Waals surface area contributed by atoms with Crippen LogP contribution >= 0.6 is 0 Å². The molecule has 1 aliphatic carbocycles. The lowest BCUT2D eigenvalue weighted by Gasteiger charge is -2.04. The minimum absolute atomic E-state index is 0.118. The first-order chi connectivity index (χ1) is 11.7. The van der Waals surface area contributed by atoms with Crippen molar-refractivity contribution in [3.8, 4) is 5.75 Å². The van der Waals surface area contributed by atoms with Crippen molar-refractivity contribution < 1.29 is 9.90 Å². The molecule has 0 atom stereocenters. The average Bonchev–Trinajstić information content (AvgIpc) is 3.20. The number of amides is 1. The fourth-order valence-electron chi connectivity index (χ4n) is 3.14. The maximum atomic E-state index is 12.2. The Hall–Kier alpha value is -3.15. The fourth-order valence-corrected chi connectivity index (χ4v) is 3.14. The molecule has 2 aromatic carbocycles. The van der Waals surface area contributed by atoms with Gasteiger partial charge in [-0.2, -0.15) is 10.2 Å². The van der Waals surface area contributed by atoms with Crippen LogP contribution in [0, 0.1) is 0 Å². The van der Waals surface area contributed by atoms with Crippen molar-refractivity contribution in [3.05, 3.63) is 58.9 Å². The number of fused-ring (bicyclic) bond motifs is 2. The van der Waals surface area contributed by atoms with Crippen LogP contribution < -0.4 is 5.43 Å². The number of hydrogen-bond acceptors (Lipinski definition) is 4. The van der Waals surface area contributed by atoms with Crippen molar-refractivity contribution in [3.63, 3.8) is 0 Å². The lowest BCUT2D eigenvalue weighted by Crippen LogP contribution is -2.19. The first-order valence-corrected chi connectivity index (χ1v) is 7.84. The average molecular weight is 320 g/mol. The maximum absolute atomic E-state index is 12.2. The number of benzene rings is 2. The monoisotopic (exact) mass is 320 g/mol. The normalized spacial score (nSPS) is 13.5. The Bertz CT molecular complexity index is 959. The first-order valence-electron chi connectivity index (χ1n) is 7.84. The first kappa shape index (κ1) is 14.4. The molecule has 4 rings (SSSR count). The lowest BCUT2D eigenvalue weighted by atomic mass is 10.0. The van der Waals surface area contributed by atoms with Gasteiger partial charge in [-0.05, 0) is 36.1 Å². The predicted octanol–water partition coefficient (Wildman–Crippen LogP) is 2.52. The zero-order valence-electron chi connectivity index (χ0n) is 12.9.